The van der Waals surface area contributed by atoms with Crippen molar-refractivity contribution in [3.05, 3.63) is 89.2 Å². The van der Waals surface area contributed by atoms with E-state index in [-0.39, 0.29) is 30.1 Å². The van der Waals surface area contributed by atoms with Crippen LogP contribution in [0.4, 0.5) is 16.6 Å². The number of ether oxygens (including phenoxy) is 2. The molecule has 15 nitrogen and oxygen atoms in total. The van der Waals surface area contributed by atoms with Crippen LogP contribution in [0.1, 0.15) is 94.3 Å². The van der Waals surface area contributed by atoms with Crippen LogP contribution in [0.15, 0.2) is 66.9 Å². The van der Waals surface area contributed by atoms with E-state index in [0.717, 1.165) is 53.6 Å². The standard InChI is InChI=1S/C41H50N10O3.CH2O2/c1-27-11-9-10-20-49(27)40-46-45-37-19-16-30(26-50(37)40)54-34-18-17-33(31-12-7-8-13-32(31)34)43-39(52)44-38-24-36(41(2,3)4)47-51(38)29-15-14-28(25-42)35(23-29)53-22-21-48(5)6;2-1-3/h7-8,12-16,19,23-24,26-27,33-34H,9-11,17-18,20-22H2,1-6H3,(H2,43,44,52);1H,(H,2,3)/t27?,33-,34+;/m0./s1. The number of likely N-dealkylation sites (N-methyl/N-ethyl adjacent to an activating group) is 1. The molecule has 4 heterocycles. The molecule has 1 fully saturated rings. The monoisotopic (exact) mass is 776 g/mol. The number of fused-ring (bicyclic) bond motifs is 2. The Balaban J connectivity index is 0.00000177. The molecule has 3 atom stereocenters. The molecule has 300 valence electrons. The van der Waals surface area contributed by atoms with Crippen molar-refractivity contribution in [1.29, 1.82) is 5.26 Å². The van der Waals surface area contributed by atoms with E-state index in [4.69, 9.17) is 24.5 Å². The summed E-state index contributed by atoms with van der Waals surface area (Å²) in [4.78, 5) is 26.5. The second-order valence-corrected chi connectivity index (χ2v) is 15.7. The van der Waals surface area contributed by atoms with Gasteiger partial charge in [-0.3, -0.25) is 14.5 Å². The normalized spacial score (nSPS) is 17.9. The van der Waals surface area contributed by atoms with E-state index in [1.165, 1.54) is 6.42 Å². The summed E-state index contributed by atoms with van der Waals surface area (Å²) in [6.45, 7) is 10.3. The summed E-state index contributed by atoms with van der Waals surface area (Å²) in [6.07, 6.45) is 6.74. The number of aromatic nitrogens is 5. The molecule has 5 aromatic rings. The zero-order chi connectivity index (χ0) is 40.7. The molecule has 2 amide bonds. The Morgan fingerprint density at radius 1 is 1.05 bits per heavy atom. The van der Waals surface area contributed by atoms with Crippen molar-refractivity contribution in [2.75, 3.05) is 44.0 Å². The first-order valence-corrected chi connectivity index (χ1v) is 19.3. The molecule has 57 heavy (non-hydrogen) atoms. The topological polar surface area (TPSA) is 175 Å². The van der Waals surface area contributed by atoms with E-state index in [2.05, 4.69) is 71.6 Å². The Kier molecular flexibility index (Phi) is 12.6. The Labute approximate surface area is 333 Å². The first-order valence-electron chi connectivity index (χ1n) is 19.3. The van der Waals surface area contributed by atoms with Crippen molar-refractivity contribution in [2.24, 2.45) is 0 Å². The Morgan fingerprint density at radius 3 is 2.54 bits per heavy atom. The third-order valence-electron chi connectivity index (χ3n) is 10.3. The SMILES string of the molecule is CC1CCCCN1c1nnc2ccc(O[C@@H]3CC[C@H](NC(=O)Nc4cc(C(C)(C)C)nn4-c4ccc(C#N)c(OCCN(C)C)c4)c4ccccc43)cn12.O=CO. The van der Waals surface area contributed by atoms with Crippen LogP contribution in [0.5, 0.6) is 11.5 Å². The Hall–Kier alpha value is -6.14. The summed E-state index contributed by atoms with van der Waals surface area (Å²) in [5, 5.41) is 36.8. The van der Waals surface area contributed by atoms with Crippen molar-refractivity contribution >= 4 is 29.9 Å². The van der Waals surface area contributed by atoms with Crippen LogP contribution in [0, 0.1) is 11.3 Å². The highest BCUT2D eigenvalue weighted by Gasteiger charge is 2.31. The lowest BCUT2D eigenvalue weighted by Crippen LogP contribution is -2.38. The van der Waals surface area contributed by atoms with Crippen LogP contribution in [0.25, 0.3) is 11.3 Å². The molecule has 2 aromatic carbocycles. The molecule has 3 N–H and O–H groups in total. The first kappa shape index (κ1) is 40.5. The largest absolute Gasteiger partial charge is 0.491 e. The average molecular weight is 777 g/mol. The highest BCUT2D eigenvalue weighted by atomic mass is 16.5. The number of carbonyl (C=O) groups excluding carboxylic acids is 1. The number of hydrogen-bond acceptors (Lipinski definition) is 10. The number of amides is 2. The lowest BCUT2D eigenvalue weighted by Gasteiger charge is -2.33. The average Bonchev–Trinajstić information content (AvgIpc) is 3.81. The van der Waals surface area contributed by atoms with Gasteiger partial charge in [0.2, 0.25) is 5.95 Å². The number of hydrogen-bond donors (Lipinski definition) is 3. The summed E-state index contributed by atoms with van der Waals surface area (Å²) >= 11 is 0. The maximum Gasteiger partial charge on any atom is 0.320 e. The van der Waals surface area contributed by atoms with Gasteiger partial charge in [-0.05, 0) is 88.5 Å². The van der Waals surface area contributed by atoms with Gasteiger partial charge in [0.05, 0.1) is 29.2 Å². The van der Waals surface area contributed by atoms with Gasteiger partial charge in [-0.1, -0.05) is 45.0 Å². The van der Waals surface area contributed by atoms with Gasteiger partial charge in [-0.2, -0.15) is 10.4 Å². The fraction of sp³-hybridized carbons (Fsp3) is 0.429. The summed E-state index contributed by atoms with van der Waals surface area (Å²) in [6, 6.07) is 21.3. The summed E-state index contributed by atoms with van der Waals surface area (Å²) in [7, 11) is 3.94. The van der Waals surface area contributed by atoms with E-state index >= 15 is 0 Å². The van der Waals surface area contributed by atoms with Crippen LogP contribution in [-0.2, 0) is 10.2 Å². The molecule has 15 heteroatoms. The second-order valence-electron chi connectivity index (χ2n) is 15.7. The van der Waals surface area contributed by atoms with E-state index in [1.54, 1.807) is 16.8 Å². The number of carboxylic acid groups (broad SMARTS) is 1. The fourth-order valence-corrected chi connectivity index (χ4v) is 7.24. The van der Waals surface area contributed by atoms with Gasteiger partial charge in [0.25, 0.3) is 6.47 Å². The van der Waals surface area contributed by atoms with Gasteiger partial charge in [0.15, 0.2) is 5.65 Å². The number of nitriles is 1. The third-order valence-corrected chi connectivity index (χ3v) is 10.3. The maximum absolute atomic E-state index is 13.8. The predicted molar refractivity (Wildman–Crippen MR) is 217 cm³/mol. The predicted octanol–water partition coefficient (Wildman–Crippen LogP) is 6.88. The van der Waals surface area contributed by atoms with Gasteiger partial charge < -0.3 is 29.7 Å². The van der Waals surface area contributed by atoms with E-state index < -0.39 is 0 Å². The van der Waals surface area contributed by atoms with Crippen molar-refractivity contribution < 1.29 is 24.2 Å². The molecule has 0 saturated carbocycles. The lowest BCUT2D eigenvalue weighted by atomic mass is 9.85. The van der Waals surface area contributed by atoms with Crippen LogP contribution in [0.2, 0.25) is 0 Å². The number of rotatable bonds is 10. The number of piperidine rings is 1. The molecule has 1 unspecified atom stereocenters. The van der Waals surface area contributed by atoms with Gasteiger partial charge in [-0.25, -0.2) is 9.48 Å². The molecule has 1 aliphatic heterocycles. The molecule has 0 spiro atoms. The van der Waals surface area contributed by atoms with Crippen LogP contribution in [-0.4, -0.2) is 86.7 Å². The fourth-order valence-electron chi connectivity index (χ4n) is 7.24. The number of nitrogens with one attached hydrogen (secondary N) is 2. The summed E-state index contributed by atoms with van der Waals surface area (Å²) < 4.78 is 16.4. The molecular weight excluding hydrogens is 725 g/mol. The number of anilines is 2. The van der Waals surface area contributed by atoms with Gasteiger partial charge in [-0.15, -0.1) is 10.2 Å². The number of urea groups is 1. The summed E-state index contributed by atoms with van der Waals surface area (Å²) in [5.41, 5.74) is 4.49. The Morgan fingerprint density at radius 2 is 1.82 bits per heavy atom. The minimum absolute atomic E-state index is 0.185. The van der Waals surface area contributed by atoms with Gasteiger partial charge in [0.1, 0.15) is 36.1 Å². The van der Waals surface area contributed by atoms with Gasteiger partial charge in [0, 0.05) is 36.7 Å². The van der Waals surface area contributed by atoms with Crippen LogP contribution < -0.4 is 25.0 Å². The van der Waals surface area contributed by atoms with Crippen molar-refractivity contribution in [3.8, 4) is 23.3 Å². The Bertz CT molecular complexity index is 2220. The number of pyridine rings is 1. The molecular formula is C42H52N10O5. The first-order chi connectivity index (χ1) is 27.4. The van der Waals surface area contributed by atoms with Gasteiger partial charge >= 0.3 is 6.03 Å². The van der Waals surface area contributed by atoms with E-state index in [0.29, 0.717) is 54.9 Å². The molecule has 7 rings (SSSR count). The number of carbonyl (C=O) groups is 2. The number of nitrogens with zero attached hydrogens (tertiary/aromatic N) is 8. The molecule has 0 radical (unpaired) electrons. The van der Waals surface area contributed by atoms with E-state index in [1.807, 2.05) is 66.0 Å². The molecule has 1 aliphatic carbocycles. The van der Waals surface area contributed by atoms with Crippen molar-refractivity contribution in [3.63, 3.8) is 0 Å². The molecule has 0 bridgehead atoms. The minimum atomic E-state index is -0.343. The zero-order valence-corrected chi connectivity index (χ0v) is 33.5. The minimum Gasteiger partial charge on any atom is -0.491 e. The highest BCUT2D eigenvalue weighted by molar-refractivity contribution is 5.89. The second kappa shape index (κ2) is 17.8. The molecule has 1 saturated heterocycles. The highest BCUT2D eigenvalue weighted by Crippen LogP contribution is 2.39. The lowest BCUT2D eigenvalue weighted by molar-refractivity contribution is -0.122. The molecule has 3 aromatic heterocycles. The van der Waals surface area contributed by atoms with Crippen LogP contribution in [0.3, 0.4) is 0 Å². The smallest absolute Gasteiger partial charge is 0.320 e. The zero-order valence-electron chi connectivity index (χ0n) is 33.5. The quantitative estimate of drug-likeness (QED) is 0.126. The van der Waals surface area contributed by atoms with Crippen LogP contribution >= 0.6 is 0 Å². The third kappa shape index (κ3) is 9.46. The maximum atomic E-state index is 13.8. The summed E-state index contributed by atoms with van der Waals surface area (Å²) in [5.74, 6) is 2.57. The molecule has 2 aliphatic rings. The van der Waals surface area contributed by atoms with E-state index in [9.17, 15) is 10.1 Å². The number of benzene rings is 2. The van der Waals surface area contributed by atoms with Crippen molar-refractivity contribution in [2.45, 2.75) is 83.4 Å². The van der Waals surface area contributed by atoms with Crippen molar-refractivity contribution in [1.82, 2.24) is 34.6 Å².